The molecule has 0 aromatic carbocycles. The maximum Gasteiger partial charge on any atom is 0.269 e. The van der Waals surface area contributed by atoms with E-state index in [4.69, 9.17) is 5.84 Å². The summed E-state index contributed by atoms with van der Waals surface area (Å²) >= 11 is 0. The molecule has 6 heteroatoms. The zero-order valence-corrected chi connectivity index (χ0v) is 8.51. The van der Waals surface area contributed by atoms with Gasteiger partial charge in [0.2, 0.25) is 0 Å². The van der Waals surface area contributed by atoms with E-state index in [0.717, 1.165) is 0 Å². The molecule has 14 heavy (non-hydrogen) atoms. The first-order valence-electron chi connectivity index (χ1n) is 4.27. The molecule has 1 aromatic rings. The summed E-state index contributed by atoms with van der Waals surface area (Å²) in [4.78, 5) is 11.5. The fourth-order valence-corrected chi connectivity index (χ4v) is 0.920. The molecule has 0 aliphatic carbocycles. The fourth-order valence-electron chi connectivity index (χ4n) is 0.920. The number of carbonyl (C=O) groups excluding carboxylic acids is 1. The second kappa shape index (κ2) is 3.67. The Hall–Kier alpha value is -1.56. The molecular formula is C8H15N5O. The Morgan fingerprint density at radius 3 is 2.64 bits per heavy atom. The molecule has 1 aromatic heterocycles. The SMILES string of the molecule is CC(C)(C)NC(=O)c1cc(NN)n[nH]1. The van der Waals surface area contributed by atoms with Crippen molar-refractivity contribution < 1.29 is 4.79 Å². The van der Waals surface area contributed by atoms with Crippen molar-refractivity contribution in [1.82, 2.24) is 15.5 Å². The van der Waals surface area contributed by atoms with Crippen LogP contribution in [-0.2, 0) is 0 Å². The number of nitrogens with one attached hydrogen (secondary N) is 3. The van der Waals surface area contributed by atoms with E-state index in [1.165, 1.54) is 0 Å². The minimum absolute atomic E-state index is 0.202. The van der Waals surface area contributed by atoms with Gasteiger partial charge in [0.15, 0.2) is 5.82 Å². The number of nitrogens with zero attached hydrogens (tertiary/aromatic N) is 1. The number of hydrogen-bond donors (Lipinski definition) is 4. The lowest BCUT2D eigenvalue weighted by molar-refractivity contribution is 0.0914. The molecule has 0 saturated heterocycles. The molecule has 5 N–H and O–H groups in total. The lowest BCUT2D eigenvalue weighted by Gasteiger charge is -2.19. The Kier molecular flexibility index (Phi) is 2.76. The average Bonchev–Trinajstić information content (AvgIpc) is 2.48. The van der Waals surface area contributed by atoms with E-state index in [-0.39, 0.29) is 11.4 Å². The molecule has 0 aliphatic heterocycles. The van der Waals surface area contributed by atoms with E-state index in [2.05, 4.69) is 20.9 Å². The molecule has 0 radical (unpaired) electrons. The van der Waals surface area contributed by atoms with Gasteiger partial charge < -0.3 is 10.7 Å². The van der Waals surface area contributed by atoms with Crippen LogP contribution in [0.5, 0.6) is 0 Å². The number of H-pyrrole nitrogens is 1. The van der Waals surface area contributed by atoms with Crippen LogP contribution in [0.1, 0.15) is 31.3 Å². The van der Waals surface area contributed by atoms with Gasteiger partial charge in [-0.3, -0.25) is 9.89 Å². The third kappa shape index (κ3) is 2.74. The summed E-state index contributed by atoms with van der Waals surface area (Å²) < 4.78 is 0. The van der Waals surface area contributed by atoms with Gasteiger partial charge in [-0.05, 0) is 20.8 Å². The predicted molar refractivity (Wildman–Crippen MR) is 53.6 cm³/mol. The van der Waals surface area contributed by atoms with E-state index < -0.39 is 0 Å². The summed E-state index contributed by atoms with van der Waals surface area (Å²) in [5, 5.41) is 9.13. The fraction of sp³-hybridized carbons (Fsp3) is 0.500. The number of carbonyl (C=O) groups is 1. The average molecular weight is 197 g/mol. The summed E-state index contributed by atoms with van der Waals surface area (Å²) in [5.74, 6) is 5.36. The van der Waals surface area contributed by atoms with Gasteiger partial charge in [-0.15, -0.1) is 0 Å². The Morgan fingerprint density at radius 2 is 2.21 bits per heavy atom. The van der Waals surface area contributed by atoms with Crippen LogP contribution >= 0.6 is 0 Å². The highest BCUT2D eigenvalue weighted by Gasteiger charge is 2.16. The van der Waals surface area contributed by atoms with Crippen LogP contribution in [0.2, 0.25) is 0 Å². The van der Waals surface area contributed by atoms with Crippen molar-refractivity contribution in [3.63, 3.8) is 0 Å². The van der Waals surface area contributed by atoms with E-state index in [1.54, 1.807) is 6.07 Å². The molecule has 0 bridgehead atoms. The number of amides is 1. The molecule has 0 spiro atoms. The Balaban J connectivity index is 2.70. The van der Waals surface area contributed by atoms with Crippen molar-refractivity contribution in [3.05, 3.63) is 11.8 Å². The van der Waals surface area contributed by atoms with Gasteiger partial charge in [0.05, 0.1) is 0 Å². The van der Waals surface area contributed by atoms with Gasteiger partial charge in [0.25, 0.3) is 5.91 Å². The molecule has 0 saturated carbocycles. The number of anilines is 1. The third-order valence-electron chi connectivity index (χ3n) is 1.46. The minimum atomic E-state index is -0.265. The first kappa shape index (κ1) is 10.5. The number of nitrogens with two attached hydrogens (primary N) is 1. The molecule has 0 fully saturated rings. The van der Waals surface area contributed by atoms with Crippen molar-refractivity contribution >= 4 is 11.7 Å². The summed E-state index contributed by atoms with van der Waals surface area (Å²) in [6.45, 7) is 5.72. The number of aromatic nitrogens is 2. The zero-order valence-electron chi connectivity index (χ0n) is 8.51. The lowest BCUT2D eigenvalue weighted by Crippen LogP contribution is -2.40. The summed E-state index contributed by atoms with van der Waals surface area (Å²) in [6.07, 6.45) is 0. The number of hydrogen-bond acceptors (Lipinski definition) is 4. The monoisotopic (exact) mass is 197 g/mol. The molecule has 0 atom stereocenters. The van der Waals surface area contributed by atoms with Gasteiger partial charge >= 0.3 is 0 Å². The summed E-state index contributed by atoms with van der Waals surface area (Å²) in [5.41, 5.74) is 2.46. The van der Waals surface area contributed by atoms with Crippen molar-refractivity contribution in [1.29, 1.82) is 0 Å². The van der Waals surface area contributed by atoms with E-state index in [1.807, 2.05) is 20.8 Å². The minimum Gasteiger partial charge on any atom is -0.346 e. The van der Waals surface area contributed by atoms with Gasteiger partial charge in [0, 0.05) is 11.6 Å². The maximum atomic E-state index is 11.5. The van der Waals surface area contributed by atoms with Crippen LogP contribution in [0.3, 0.4) is 0 Å². The smallest absolute Gasteiger partial charge is 0.269 e. The molecule has 1 heterocycles. The number of nitrogen functional groups attached to an aromatic ring is 1. The lowest BCUT2D eigenvalue weighted by atomic mass is 10.1. The van der Waals surface area contributed by atoms with Crippen LogP contribution < -0.4 is 16.6 Å². The van der Waals surface area contributed by atoms with Crippen LogP contribution in [0, 0.1) is 0 Å². The third-order valence-corrected chi connectivity index (χ3v) is 1.46. The highest BCUT2D eigenvalue weighted by atomic mass is 16.2. The molecule has 0 unspecified atom stereocenters. The number of aromatic amines is 1. The summed E-state index contributed by atoms with van der Waals surface area (Å²) in [7, 11) is 0. The van der Waals surface area contributed by atoms with Crippen LogP contribution in [-0.4, -0.2) is 21.6 Å². The molecule has 1 rings (SSSR count). The van der Waals surface area contributed by atoms with Crippen LogP contribution in [0.15, 0.2) is 6.07 Å². The standard InChI is InChI=1S/C8H15N5O/c1-8(2,3)10-7(14)5-4-6(11-9)13-12-5/h4H,9H2,1-3H3,(H,10,14)(H2,11,12,13). The highest BCUT2D eigenvalue weighted by Crippen LogP contribution is 2.06. The Labute approximate surface area is 82.2 Å². The van der Waals surface area contributed by atoms with E-state index >= 15 is 0 Å². The van der Waals surface area contributed by atoms with E-state index in [0.29, 0.717) is 11.5 Å². The Morgan fingerprint density at radius 1 is 1.57 bits per heavy atom. The second-order valence-electron chi connectivity index (χ2n) is 4.02. The van der Waals surface area contributed by atoms with Gasteiger partial charge in [-0.25, -0.2) is 5.84 Å². The number of rotatable bonds is 2. The first-order chi connectivity index (χ1) is 6.42. The van der Waals surface area contributed by atoms with Crippen LogP contribution in [0.4, 0.5) is 5.82 Å². The Bertz CT molecular complexity index is 325. The molecular weight excluding hydrogens is 182 g/mol. The quantitative estimate of drug-likeness (QED) is 0.403. The van der Waals surface area contributed by atoms with Gasteiger partial charge in [-0.1, -0.05) is 0 Å². The highest BCUT2D eigenvalue weighted by molar-refractivity contribution is 5.93. The zero-order chi connectivity index (χ0) is 10.8. The van der Waals surface area contributed by atoms with Crippen molar-refractivity contribution in [3.8, 4) is 0 Å². The molecule has 6 nitrogen and oxygen atoms in total. The second-order valence-corrected chi connectivity index (χ2v) is 4.02. The topological polar surface area (TPSA) is 95.8 Å². The van der Waals surface area contributed by atoms with Crippen molar-refractivity contribution in [2.45, 2.75) is 26.3 Å². The van der Waals surface area contributed by atoms with E-state index in [9.17, 15) is 4.79 Å². The van der Waals surface area contributed by atoms with Crippen molar-refractivity contribution in [2.75, 3.05) is 5.43 Å². The molecule has 78 valence electrons. The largest absolute Gasteiger partial charge is 0.346 e. The molecule has 0 aliphatic rings. The maximum absolute atomic E-state index is 11.5. The van der Waals surface area contributed by atoms with Crippen molar-refractivity contribution in [2.24, 2.45) is 5.84 Å². The van der Waals surface area contributed by atoms with Crippen LogP contribution in [0.25, 0.3) is 0 Å². The van der Waals surface area contributed by atoms with Gasteiger partial charge in [0.1, 0.15) is 5.69 Å². The van der Waals surface area contributed by atoms with Gasteiger partial charge in [-0.2, -0.15) is 5.10 Å². The molecule has 1 amide bonds. The summed E-state index contributed by atoms with van der Waals surface area (Å²) in [6, 6.07) is 1.54. The number of hydrazine groups is 1. The normalized spacial score (nSPS) is 11.1. The first-order valence-corrected chi connectivity index (χ1v) is 4.27. The predicted octanol–water partition coefficient (Wildman–Crippen LogP) is 0.224.